The third kappa shape index (κ3) is 7.04. The van der Waals surface area contributed by atoms with Crippen molar-refractivity contribution < 1.29 is 41.4 Å². The Labute approximate surface area is 283 Å². The van der Waals surface area contributed by atoms with Crippen molar-refractivity contribution in [2.45, 2.75) is 103 Å². The van der Waals surface area contributed by atoms with E-state index in [-0.39, 0.29) is 30.8 Å². The van der Waals surface area contributed by atoms with E-state index >= 15 is 0 Å². The topological polar surface area (TPSA) is 90.0 Å². The molecular weight excluding hydrogens is 650 g/mol. The Morgan fingerprint density at radius 1 is 1.15 bits per heavy atom. The molecule has 2 bridgehead atoms. The number of nitrogens with one attached hydrogen (secondary N) is 1. The normalized spacial score (nSPS) is 24.0. The van der Waals surface area contributed by atoms with Gasteiger partial charge in [-0.25, -0.2) is 9.37 Å². The number of anilines is 1. The van der Waals surface area contributed by atoms with E-state index < -0.39 is 29.0 Å². The first-order chi connectivity index (χ1) is 22.7. The van der Waals surface area contributed by atoms with E-state index in [1.54, 1.807) is 32.5 Å². The van der Waals surface area contributed by atoms with Gasteiger partial charge < -0.3 is 24.4 Å². The molecule has 4 fully saturated rings. The number of aromatic nitrogens is 1. The molecule has 264 valence electrons. The van der Waals surface area contributed by atoms with Crippen molar-refractivity contribution >= 4 is 38.4 Å². The van der Waals surface area contributed by atoms with Crippen LogP contribution in [0, 0.1) is 19.7 Å². The molecule has 4 aliphatic rings. The van der Waals surface area contributed by atoms with Crippen molar-refractivity contribution in [1.82, 2.24) is 10.3 Å². The van der Waals surface area contributed by atoms with Crippen molar-refractivity contribution in [3.05, 3.63) is 52.3 Å². The first kappa shape index (κ1) is 37.5. The van der Waals surface area contributed by atoms with Gasteiger partial charge >= 0.3 is 6.18 Å². The van der Waals surface area contributed by atoms with Crippen LogP contribution < -0.4 is 15.0 Å². The zero-order valence-corrected chi connectivity index (χ0v) is 29.6. The lowest BCUT2D eigenvalue weighted by molar-refractivity contribution is -0.273. The maximum absolute atomic E-state index is 13.4. The summed E-state index contributed by atoms with van der Waals surface area (Å²) < 4.78 is 68.7. The SMILES string of the molecule is CC.CCCC(=O)c1c(OC)ccc2nc(N3C(C)CC3COC)sc12.Cc1cc(C(=O)NC23COC(C(F)(F)F)(C2)C3)c(C)cc1F. The molecule has 2 unspecified atom stereocenters. The van der Waals surface area contributed by atoms with Gasteiger partial charge in [-0.3, -0.25) is 9.59 Å². The van der Waals surface area contributed by atoms with Crippen molar-refractivity contribution in [2.75, 3.05) is 32.3 Å². The Morgan fingerprint density at radius 3 is 2.40 bits per heavy atom. The Balaban J connectivity index is 0.000000207. The molecule has 2 atom stereocenters. The zero-order chi connectivity index (χ0) is 35.6. The third-order valence-electron chi connectivity index (χ3n) is 9.06. The highest BCUT2D eigenvalue weighted by Gasteiger charge is 2.74. The number of amides is 1. The largest absolute Gasteiger partial charge is 0.496 e. The summed E-state index contributed by atoms with van der Waals surface area (Å²) in [4.78, 5) is 32.0. The van der Waals surface area contributed by atoms with Crippen LogP contribution in [0.3, 0.4) is 0 Å². The minimum Gasteiger partial charge on any atom is -0.496 e. The molecule has 1 aromatic heterocycles. The molecule has 4 heterocycles. The minimum absolute atomic E-state index is 0.125. The first-order valence-corrected chi connectivity index (χ1v) is 17.1. The molecular formula is C35H45F4N3O5S. The van der Waals surface area contributed by atoms with Crippen LogP contribution in [0.2, 0.25) is 0 Å². The second-order valence-corrected chi connectivity index (χ2v) is 13.5. The van der Waals surface area contributed by atoms with Gasteiger partial charge in [-0.15, -0.1) is 0 Å². The summed E-state index contributed by atoms with van der Waals surface area (Å²) in [6.07, 6.45) is -2.52. The predicted octanol–water partition coefficient (Wildman–Crippen LogP) is 7.96. The molecule has 2 aromatic carbocycles. The van der Waals surface area contributed by atoms with E-state index in [2.05, 4.69) is 17.1 Å². The molecule has 3 saturated heterocycles. The smallest absolute Gasteiger partial charge is 0.417 e. The highest BCUT2D eigenvalue weighted by molar-refractivity contribution is 7.22. The van der Waals surface area contributed by atoms with Crippen molar-refractivity contribution in [1.29, 1.82) is 0 Å². The minimum atomic E-state index is -4.43. The molecule has 0 radical (unpaired) electrons. The average Bonchev–Trinajstić information content (AvgIpc) is 3.71. The number of ether oxygens (including phenoxy) is 3. The first-order valence-electron chi connectivity index (χ1n) is 16.3. The monoisotopic (exact) mass is 695 g/mol. The van der Waals surface area contributed by atoms with Crippen molar-refractivity contribution in [3.63, 3.8) is 0 Å². The number of nitrogens with zero attached hydrogens (tertiary/aromatic N) is 2. The lowest BCUT2D eigenvalue weighted by Crippen LogP contribution is -2.64. The molecule has 1 saturated carbocycles. The van der Waals surface area contributed by atoms with Gasteiger partial charge in [-0.2, -0.15) is 13.2 Å². The number of carbonyl (C=O) groups excluding carboxylic acids is 2. The number of halogens is 4. The maximum atomic E-state index is 13.4. The molecule has 1 N–H and O–H groups in total. The van der Waals surface area contributed by atoms with E-state index in [1.165, 1.54) is 19.1 Å². The highest BCUT2D eigenvalue weighted by atomic mass is 32.1. The fourth-order valence-electron chi connectivity index (χ4n) is 6.65. The molecule has 8 nitrogen and oxygen atoms in total. The molecule has 0 spiro atoms. The van der Waals surface area contributed by atoms with Crippen LogP contribution in [0.15, 0.2) is 24.3 Å². The quantitative estimate of drug-likeness (QED) is 0.180. The standard InChI is InChI=1S/C18H24N2O3S.C15H15F4NO2.C2H6/c1-5-6-14(21)16-15(23-4)8-7-13-17(16)24-18(19-13)20-11(2)9-12(20)10-22-3;1-8-4-11(16)9(2)3-10(8)12(21)20-13-5-14(6-13,22-7-13)15(17,18)19;1-2/h7-8,11-12H,5-6,9-10H2,1-4H3;3-4H,5-7H2,1-2H3,(H,20,21);1-2H3. The molecule has 13 heteroatoms. The number of ketones is 1. The molecule has 1 amide bonds. The number of benzene rings is 2. The molecule has 48 heavy (non-hydrogen) atoms. The van der Waals surface area contributed by atoms with Crippen LogP contribution in [-0.2, 0) is 9.47 Å². The lowest BCUT2D eigenvalue weighted by Gasteiger charge is -2.46. The number of methoxy groups -OCH3 is 2. The van der Waals surface area contributed by atoms with Crippen molar-refractivity contribution in [2.24, 2.45) is 0 Å². The van der Waals surface area contributed by atoms with Gasteiger partial charge in [0.15, 0.2) is 16.5 Å². The van der Waals surface area contributed by atoms with Gasteiger partial charge in [0, 0.05) is 38.0 Å². The number of fused-ring (bicyclic) bond motifs is 2. The average molecular weight is 696 g/mol. The molecule has 3 aliphatic heterocycles. The number of hydrogen-bond acceptors (Lipinski definition) is 8. The Bertz CT molecular complexity index is 1630. The summed E-state index contributed by atoms with van der Waals surface area (Å²) >= 11 is 1.58. The van der Waals surface area contributed by atoms with E-state index in [1.807, 2.05) is 32.9 Å². The van der Waals surface area contributed by atoms with Crippen LogP contribution in [0.5, 0.6) is 5.75 Å². The van der Waals surface area contributed by atoms with E-state index in [0.29, 0.717) is 47.6 Å². The fraction of sp³-hybridized carbons (Fsp3) is 0.571. The third-order valence-corrected chi connectivity index (χ3v) is 10.2. The highest BCUT2D eigenvalue weighted by Crippen LogP contribution is 2.59. The van der Waals surface area contributed by atoms with Crippen LogP contribution in [0.1, 0.15) is 91.6 Å². The fourth-order valence-corrected chi connectivity index (χ4v) is 7.95. The van der Waals surface area contributed by atoms with Crippen LogP contribution >= 0.6 is 11.3 Å². The number of rotatable bonds is 9. The van der Waals surface area contributed by atoms with Crippen LogP contribution in [0.4, 0.5) is 22.7 Å². The Hall–Kier alpha value is -3.29. The number of thiazole rings is 1. The Kier molecular flexibility index (Phi) is 11.5. The molecule has 7 rings (SSSR count). The van der Waals surface area contributed by atoms with E-state index in [4.69, 9.17) is 19.2 Å². The van der Waals surface area contributed by atoms with Gasteiger partial charge in [0.25, 0.3) is 5.91 Å². The van der Waals surface area contributed by atoms with Gasteiger partial charge in [0.05, 0.1) is 47.7 Å². The lowest BCUT2D eigenvalue weighted by atomic mass is 9.68. The van der Waals surface area contributed by atoms with Crippen LogP contribution in [-0.4, -0.2) is 73.5 Å². The number of Topliss-reactive ketones (excluding diaryl/α,β-unsaturated/α-hetero) is 1. The summed E-state index contributed by atoms with van der Waals surface area (Å²) in [7, 11) is 3.34. The summed E-state index contributed by atoms with van der Waals surface area (Å²) in [6, 6.07) is 7.24. The summed E-state index contributed by atoms with van der Waals surface area (Å²) in [5.74, 6) is -0.153. The Morgan fingerprint density at radius 2 is 1.83 bits per heavy atom. The number of alkyl halides is 3. The zero-order valence-electron chi connectivity index (χ0n) is 28.8. The van der Waals surface area contributed by atoms with Gasteiger partial charge in [0.1, 0.15) is 11.6 Å². The molecule has 3 aromatic rings. The summed E-state index contributed by atoms with van der Waals surface area (Å²) in [5.41, 5.74) is -0.520. The second-order valence-electron chi connectivity index (χ2n) is 12.5. The summed E-state index contributed by atoms with van der Waals surface area (Å²) in [5, 5.41) is 3.60. The number of carbonyl (C=O) groups is 2. The number of hydrogen-bond donors (Lipinski definition) is 1. The number of aryl methyl sites for hydroxylation is 2. The second kappa shape index (κ2) is 14.7. The van der Waals surface area contributed by atoms with Gasteiger partial charge in [-0.1, -0.05) is 32.1 Å². The van der Waals surface area contributed by atoms with Crippen molar-refractivity contribution in [3.8, 4) is 5.75 Å². The summed E-state index contributed by atoms with van der Waals surface area (Å²) in [6.45, 7) is 11.9. The maximum Gasteiger partial charge on any atom is 0.417 e. The van der Waals surface area contributed by atoms with E-state index in [0.717, 1.165) is 28.2 Å². The van der Waals surface area contributed by atoms with Gasteiger partial charge in [0.2, 0.25) is 0 Å². The predicted molar refractivity (Wildman–Crippen MR) is 179 cm³/mol. The van der Waals surface area contributed by atoms with Gasteiger partial charge in [-0.05, 0) is 69.0 Å². The molecule has 1 aliphatic carbocycles. The van der Waals surface area contributed by atoms with Crippen LogP contribution in [0.25, 0.3) is 10.2 Å². The van der Waals surface area contributed by atoms with E-state index in [9.17, 15) is 27.2 Å².